The van der Waals surface area contributed by atoms with Gasteiger partial charge in [0.1, 0.15) is 5.82 Å². The van der Waals surface area contributed by atoms with Crippen LogP contribution in [-0.4, -0.2) is 12.5 Å². The summed E-state index contributed by atoms with van der Waals surface area (Å²) in [5.74, 6) is 0.691. The average Bonchev–Trinajstić information content (AvgIpc) is 2.45. The Hall–Kier alpha value is -1.42. The van der Waals surface area contributed by atoms with Crippen LogP contribution in [0.2, 0.25) is 0 Å². The highest BCUT2D eigenvalue weighted by Crippen LogP contribution is 2.30. The van der Waals surface area contributed by atoms with Gasteiger partial charge in [-0.25, -0.2) is 4.39 Å². The maximum absolute atomic E-state index is 13.8. The molecule has 116 valence electrons. The molecule has 0 bridgehead atoms. The molecule has 0 aliphatic heterocycles. The number of amides is 1. The smallest absolute Gasteiger partial charge is 0.248 e. The van der Waals surface area contributed by atoms with Crippen molar-refractivity contribution in [1.82, 2.24) is 5.32 Å². The Morgan fingerprint density at radius 1 is 1.43 bits per heavy atom. The topological polar surface area (TPSA) is 55.1 Å². The maximum Gasteiger partial charge on any atom is 0.248 e. The standard InChI is InChI=1S/C17H25FN2O/c1-12-3-2-4-13(9-12)7-8-20-11-15-6-5-14(17(19)21)10-16(15)18/h5-6,10,12-13,20H,2-4,7-9,11H2,1H3,(H2,19,21). The third-order valence-electron chi connectivity index (χ3n) is 4.43. The summed E-state index contributed by atoms with van der Waals surface area (Å²) in [5.41, 5.74) is 5.92. The zero-order valence-corrected chi connectivity index (χ0v) is 12.7. The molecule has 1 aromatic carbocycles. The first kappa shape index (κ1) is 16.0. The number of nitrogens with two attached hydrogens (primary N) is 1. The molecule has 4 heteroatoms. The van der Waals surface area contributed by atoms with Crippen molar-refractivity contribution in [2.24, 2.45) is 17.6 Å². The van der Waals surface area contributed by atoms with Gasteiger partial charge < -0.3 is 11.1 Å². The SMILES string of the molecule is CC1CCCC(CCNCc2ccc(C(N)=O)cc2F)C1. The lowest BCUT2D eigenvalue weighted by atomic mass is 9.81. The number of rotatable bonds is 6. The molecule has 21 heavy (non-hydrogen) atoms. The van der Waals surface area contributed by atoms with Gasteiger partial charge in [0.15, 0.2) is 0 Å². The molecule has 2 rings (SSSR count). The summed E-state index contributed by atoms with van der Waals surface area (Å²) in [5, 5.41) is 3.30. The predicted molar refractivity (Wildman–Crippen MR) is 82.4 cm³/mol. The summed E-state index contributed by atoms with van der Waals surface area (Å²) >= 11 is 0. The molecule has 0 heterocycles. The lowest BCUT2D eigenvalue weighted by Gasteiger charge is -2.26. The fraction of sp³-hybridized carbons (Fsp3) is 0.588. The molecule has 2 atom stereocenters. The number of hydrogen-bond acceptors (Lipinski definition) is 2. The summed E-state index contributed by atoms with van der Waals surface area (Å²) in [6, 6.07) is 4.42. The van der Waals surface area contributed by atoms with Crippen LogP contribution in [0, 0.1) is 17.7 Å². The Morgan fingerprint density at radius 3 is 2.90 bits per heavy atom. The fourth-order valence-corrected chi connectivity index (χ4v) is 3.20. The van der Waals surface area contributed by atoms with Gasteiger partial charge in [0.2, 0.25) is 5.91 Å². The van der Waals surface area contributed by atoms with Gasteiger partial charge in [-0.3, -0.25) is 4.79 Å². The first-order chi connectivity index (χ1) is 10.1. The number of nitrogens with one attached hydrogen (secondary N) is 1. The van der Waals surface area contributed by atoms with Crippen LogP contribution < -0.4 is 11.1 Å². The molecule has 3 N–H and O–H groups in total. The molecule has 1 aromatic rings. The fourth-order valence-electron chi connectivity index (χ4n) is 3.20. The lowest BCUT2D eigenvalue weighted by Crippen LogP contribution is -2.21. The maximum atomic E-state index is 13.8. The Labute approximate surface area is 126 Å². The molecule has 2 unspecified atom stereocenters. The van der Waals surface area contributed by atoms with E-state index >= 15 is 0 Å². The van der Waals surface area contributed by atoms with E-state index < -0.39 is 5.91 Å². The van der Waals surface area contributed by atoms with Gasteiger partial charge in [0.25, 0.3) is 0 Å². The van der Waals surface area contributed by atoms with Crippen LogP contribution in [0.1, 0.15) is 54.9 Å². The number of carbonyl (C=O) groups excluding carboxylic acids is 1. The van der Waals surface area contributed by atoms with Crippen LogP contribution in [0.3, 0.4) is 0 Å². The van der Waals surface area contributed by atoms with Gasteiger partial charge in [-0.2, -0.15) is 0 Å². The van der Waals surface area contributed by atoms with E-state index in [1.807, 2.05) is 0 Å². The van der Waals surface area contributed by atoms with Crippen molar-refractivity contribution in [1.29, 1.82) is 0 Å². The van der Waals surface area contributed by atoms with E-state index in [9.17, 15) is 9.18 Å². The number of hydrogen-bond donors (Lipinski definition) is 2. The van der Waals surface area contributed by atoms with Crippen LogP contribution >= 0.6 is 0 Å². The van der Waals surface area contributed by atoms with E-state index in [2.05, 4.69) is 12.2 Å². The molecule has 1 saturated carbocycles. The first-order valence-electron chi connectivity index (χ1n) is 7.85. The molecule has 1 fully saturated rings. The van der Waals surface area contributed by atoms with Gasteiger partial charge in [-0.05, 0) is 43.4 Å². The van der Waals surface area contributed by atoms with E-state index in [-0.39, 0.29) is 11.4 Å². The second kappa shape index (κ2) is 7.55. The second-order valence-corrected chi connectivity index (χ2v) is 6.27. The van der Waals surface area contributed by atoms with Crippen LogP contribution in [0.4, 0.5) is 4.39 Å². The molecule has 1 aliphatic carbocycles. The van der Waals surface area contributed by atoms with Crippen molar-refractivity contribution in [3.8, 4) is 0 Å². The number of benzene rings is 1. The minimum atomic E-state index is -0.597. The van der Waals surface area contributed by atoms with E-state index in [1.54, 1.807) is 12.1 Å². The number of primary amides is 1. The quantitative estimate of drug-likeness (QED) is 0.791. The summed E-state index contributed by atoms with van der Waals surface area (Å²) in [7, 11) is 0. The minimum absolute atomic E-state index is 0.215. The van der Waals surface area contributed by atoms with Crippen molar-refractivity contribution in [2.75, 3.05) is 6.54 Å². The molecule has 0 spiro atoms. The van der Waals surface area contributed by atoms with E-state index in [4.69, 9.17) is 5.73 Å². The highest BCUT2D eigenvalue weighted by atomic mass is 19.1. The van der Waals surface area contributed by atoms with E-state index in [0.717, 1.165) is 24.8 Å². The van der Waals surface area contributed by atoms with Crippen LogP contribution in [-0.2, 0) is 6.54 Å². The Morgan fingerprint density at radius 2 is 2.24 bits per heavy atom. The first-order valence-corrected chi connectivity index (χ1v) is 7.85. The van der Waals surface area contributed by atoms with Crippen molar-refractivity contribution in [3.63, 3.8) is 0 Å². The lowest BCUT2D eigenvalue weighted by molar-refractivity contribution is 0.1000. The normalized spacial score (nSPS) is 22.2. The second-order valence-electron chi connectivity index (χ2n) is 6.27. The monoisotopic (exact) mass is 292 g/mol. The van der Waals surface area contributed by atoms with Crippen molar-refractivity contribution in [3.05, 3.63) is 35.1 Å². The summed E-state index contributed by atoms with van der Waals surface area (Å²) in [4.78, 5) is 11.0. The molecular weight excluding hydrogens is 267 g/mol. The molecule has 1 amide bonds. The summed E-state index contributed by atoms with van der Waals surface area (Å²) in [6.07, 6.45) is 6.51. The van der Waals surface area contributed by atoms with Gasteiger partial charge >= 0.3 is 0 Å². The molecule has 0 radical (unpaired) electrons. The predicted octanol–water partition coefficient (Wildman–Crippen LogP) is 3.23. The van der Waals surface area contributed by atoms with Crippen molar-refractivity contribution in [2.45, 2.75) is 45.6 Å². The van der Waals surface area contributed by atoms with Gasteiger partial charge in [0.05, 0.1) is 0 Å². The number of halogens is 1. The zero-order valence-electron chi connectivity index (χ0n) is 12.7. The van der Waals surface area contributed by atoms with Crippen LogP contribution in [0.15, 0.2) is 18.2 Å². The molecule has 1 aliphatic rings. The van der Waals surface area contributed by atoms with Gasteiger partial charge in [-0.15, -0.1) is 0 Å². The highest BCUT2D eigenvalue weighted by molar-refractivity contribution is 5.92. The van der Waals surface area contributed by atoms with Gasteiger partial charge in [0, 0.05) is 17.7 Å². The molecular formula is C17H25FN2O. The third kappa shape index (κ3) is 4.81. The Bertz CT molecular complexity index is 490. The summed E-state index contributed by atoms with van der Waals surface area (Å²) < 4.78 is 13.8. The molecule has 3 nitrogen and oxygen atoms in total. The Kier molecular flexibility index (Phi) is 5.74. The van der Waals surface area contributed by atoms with E-state index in [1.165, 1.54) is 31.7 Å². The van der Waals surface area contributed by atoms with Gasteiger partial charge in [-0.1, -0.05) is 32.3 Å². The third-order valence-corrected chi connectivity index (χ3v) is 4.43. The molecule has 0 aromatic heterocycles. The molecule has 0 saturated heterocycles. The van der Waals surface area contributed by atoms with Crippen LogP contribution in [0.25, 0.3) is 0 Å². The van der Waals surface area contributed by atoms with E-state index in [0.29, 0.717) is 12.1 Å². The average molecular weight is 292 g/mol. The van der Waals surface area contributed by atoms with Crippen molar-refractivity contribution < 1.29 is 9.18 Å². The zero-order chi connectivity index (χ0) is 15.2. The van der Waals surface area contributed by atoms with Crippen molar-refractivity contribution >= 4 is 5.91 Å². The summed E-state index contributed by atoms with van der Waals surface area (Å²) in [6.45, 7) is 3.73. The number of carbonyl (C=O) groups is 1. The largest absolute Gasteiger partial charge is 0.366 e. The highest BCUT2D eigenvalue weighted by Gasteiger charge is 2.18. The van der Waals surface area contributed by atoms with Crippen LogP contribution in [0.5, 0.6) is 0 Å². The Balaban J connectivity index is 1.74. The minimum Gasteiger partial charge on any atom is -0.366 e.